The fourth-order valence-corrected chi connectivity index (χ4v) is 5.12. The van der Waals surface area contributed by atoms with E-state index in [4.69, 9.17) is 4.74 Å². The maximum Gasteiger partial charge on any atom is 0.119 e. The summed E-state index contributed by atoms with van der Waals surface area (Å²) in [6.45, 7) is 5.21. The Morgan fingerprint density at radius 2 is 2.05 bits per heavy atom. The largest absolute Gasteiger partial charge is 0.494 e. The molecule has 1 aliphatic heterocycles. The average molecular weight is 319 g/mol. The molecule has 1 aliphatic rings. The fourth-order valence-electron chi connectivity index (χ4n) is 2.55. The number of rotatable bonds is 5. The summed E-state index contributed by atoms with van der Waals surface area (Å²) in [6, 6.07) is 11.0. The van der Waals surface area contributed by atoms with E-state index in [1.807, 2.05) is 35.2 Å². The quantitative estimate of drug-likeness (QED) is 0.778. The summed E-state index contributed by atoms with van der Waals surface area (Å²) >= 11 is 3.86. The zero-order valence-electron chi connectivity index (χ0n) is 12.5. The average Bonchev–Trinajstić information content (AvgIpc) is 2.95. The summed E-state index contributed by atoms with van der Waals surface area (Å²) in [6.07, 6.45) is 2.21. The third-order valence-corrected chi connectivity index (χ3v) is 5.92. The van der Waals surface area contributed by atoms with Gasteiger partial charge in [-0.15, -0.1) is 23.1 Å². The summed E-state index contributed by atoms with van der Waals surface area (Å²) in [5.74, 6) is 0.950. The van der Waals surface area contributed by atoms with Gasteiger partial charge < -0.3 is 10.1 Å². The molecule has 21 heavy (non-hydrogen) atoms. The van der Waals surface area contributed by atoms with E-state index in [0.29, 0.717) is 11.3 Å². The zero-order valence-corrected chi connectivity index (χ0v) is 14.1. The highest BCUT2D eigenvalue weighted by Crippen LogP contribution is 2.44. The van der Waals surface area contributed by atoms with Gasteiger partial charge in [-0.2, -0.15) is 0 Å². The van der Waals surface area contributed by atoms with E-state index in [0.717, 1.165) is 18.8 Å². The van der Waals surface area contributed by atoms with Gasteiger partial charge in [0.2, 0.25) is 0 Å². The van der Waals surface area contributed by atoms with E-state index in [2.05, 4.69) is 42.7 Å². The summed E-state index contributed by atoms with van der Waals surface area (Å²) in [4.78, 5) is 0. The highest BCUT2D eigenvalue weighted by Gasteiger charge is 2.26. The van der Waals surface area contributed by atoms with Gasteiger partial charge in [0.05, 0.1) is 16.9 Å². The number of thiophene rings is 1. The molecule has 4 heteroatoms. The van der Waals surface area contributed by atoms with Gasteiger partial charge in [-0.05, 0) is 54.1 Å². The van der Waals surface area contributed by atoms with E-state index in [-0.39, 0.29) is 0 Å². The summed E-state index contributed by atoms with van der Waals surface area (Å²) in [5, 5.41) is 6.54. The van der Waals surface area contributed by atoms with Crippen LogP contribution < -0.4 is 10.1 Å². The number of hydrogen-bond donors (Lipinski definition) is 1. The maximum atomic E-state index is 5.63. The van der Waals surface area contributed by atoms with Gasteiger partial charge in [-0.25, -0.2) is 0 Å². The van der Waals surface area contributed by atoms with Gasteiger partial charge in [0.15, 0.2) is 0 Å². The Balaban J connectivity index is 1.69. The first-order valence-corrected chi connectivity index (χ1v) is 9.25. The minimum absolute atomic E-state index is 0.421. The molecule has 0 bridgehead atoms. The van der Waals surface area contributed by atoms with Crippen LogP contribution in [0.5, 0.6) is 5.75 Å². The molecule has 0 saturated carbocycles. The minimum atomic E-state index is 0.421. The number of ether oxygens (including phenoxy) is 1. The van der Waals surface area contributed by atoms with Crippen molar-refractivity contribution in [2.75, 3.05) is 11.9 Å². The lowest BCUT2D eigenvalue weighted by Gasteiger charge is -2.28. The highest BCUT2D eigenvalue weighted by molar-refractivity contribution is 8.01. The van der Waals surface area contributed by atoms with Crippen LogP contribution in [0, 0.1) is 0 Å². The molecular weight excluding hydrogens is 298 g/mol. The molecule has 1 aromatic carbocycles. The molecule has 2 heterocycles. The van der Waals surface area contributed by atoms with Crippen molar-refractivity contribution in [3.8, 4) is 5.75 Å². The maximum absolute atomic E-state index is 5.63. The molecule has 1 N–H and O–H groups in total. The molecule has 0 saturated heterocycles. The fraction of sp³-hybridized carbons (Fsp3) is 0.412. The number of anilines is 1. The number of hydrogen-bond acceptors (Lipinski definition) is 4. The van der Waals surface area contributed by atoms with Crippen molar-refractivity contribution >= 4 is 28.8 Å². The van der Waals surface area contributed by atoms with E-state index in [9.17, 15) is 0 Å². The monoisotopic (exact) mass is 319 g/mol. The Morgan fingerprint density at radius 1 is 1.24 bits per heavy atom. The van der Waals surface area contributed by atoms with Gasteiger partial charge in [0, 0.05) is 10.9 Å². The van der Waals surface area contributed by atoms with E-state index < -0.39 is 0 Å². The van der Waals surface area contributed by atoms with E-state index in [1.165, 1.54) is 21.9 Å². The molecule has 0 fully saturated rings. The second-order valence-corrected chi connectivity index (χ2v) is 8.02. The van der Waals surface area contributed by atoms with Gasteiger partial charge >= 0.3 is 0 Å². The Bertz CT molecular complexity index is 579. The van der Waals surface area contributed by atoms with Crippen molar-refractivity contribution < 1.29 is 4.74 Å². The molecule has 0 radical (unpaired) electrons. The summed E-state index contributed by atoms with van der Waals surface area (Å²) in [5.41, 5.74) is 2.62. The molecule has 0 spiro atoms. The van der Waals surface area contributed by atoms with Crippen molar-refractivity contribution in [3.63, 3.8) is 0 Å². The van der Waals surface area contributed by atoms with Crippen molar-refractivity contribution in [2.45, 2.75) is 42.2 Å². The number of nitrogens with one attached hydrogen (secondary N) is 1. The molecule has 0 amide bonds. The predicted octanol–water partition coefficient (Wildman–Crippen LogP) is 5.57. The van der Waals surface area contributed by atoms with Crippen molar-refractivity contribution in [1.82, 2.24) is 0 Å². The number of thioether (sulfide) groups is 1. The smallest absolute Gasteiger partial charge is 0.119 e. The van der Waals surface area contributed by atoms with E-state index >= 15 is 0 Å². The lowest BCUT2D eigenvalue weighted by Crippen LogP contribution is -2.18. The van der Waals surface area contributed by atoms with Crippen LogP contribution in [-0.4, -0.2) is 11.9 Å². The van der Waals surface area contributed by atoms with Crippen molar-refractivity contribution in [3.05, 3.63) is 41.3 Å². The minimum Gasteiger partial charge on any atom is -0.494 e. The summed E-state index contributed by atoms with van der Waals surface area (Å²) < 4.78 is 7.10. The molecule has 0 aliphatic carbocycles. The van der Waals surface area contributed by atoms with Crippen LogP contribution in [0.4, 0.5) is 5.69 Å². The highest BCUT2D eigenvalue weighted by atomic mass is 32.2. The zero-order chi connectivity index (χ0) is 14.7. The first-order valence-electron chi connectivity index (χ1n) is 7.49. The van der Waals surface area contributed by atoms with Gasteiger partial charge in [0.1, 0.15) is 5.75 Å². The molecule has 2 aromatic rings. The summed E-state index contributed by atoms with van der Waals surface area (Å²) in [7, 11) is 0. The van der Waals surface area contributed by atoms with E-state index in [1.54, 1.807) is 0 Å². The van der Waals surface area contributed by atoms with Gasteiger partial charge in [0.25, 0.3) is 0 Å². The molecular formula is C17H21NOS2. The molecule has 2 atom stereocenters. The molecule has 112 valence electrons. The third kappa shape index (κ3) is 3.55. The Hall–Kier alpha value is -1.13. The van der Waals surface area contributed by atoms with Gasteiger partial charge in [-0.1, -0.05) is 13.8 Å². The molecule has 3 rings (SSSR count). The van der Waals surface area contributed by atoms with Crippen LogP contribution in [0.1, 0.15) is 38.3 Å². The van der Waals surface area contributed by atoms with Crippen LogP contribution in [0.15, 0.2) is 39.9 Å². The standard InChI is InChI=1S/C17H21NOS2/c1-3-9-19-14-6-4-13(5-7-14)18-16-11-12(2)21-17-15(16)8-10-20-17/h4-8,10,12,16,18H,3,9,11H2,1-2H3/t12-,16?/m0/s1. The molecule has 2 nitrogen and oxygen atoms in total. The van der Waals surface area contributed by atoms with Crippen LogP contribution in [0.25, 0.3) is 0 Å². The Labute approximate surface area is 134 Å². The lowest BCUT2D eigenvalue weighted by molar-refractivity contribution is 0.317. The predicted molar refractivity (Wildman–Crippen MR) is 92.8 cm³/mol. The molecule has 1 aromatic heterocycles. The normalized spacial score (nSPS) is 20.9. The Morgan fingerprint density at radius 3 is 2.81 bits per heavy atom. The third-order valence-electron chi connectivity index (χ3n) is 3.58. The second-order valence-electron chi connectivity index (χ2n) is 5.40. The number of fused-ring (bicyclic) bond motifs is 1. The first kappa shape index (κ1) is 14.8. The van der Waals surface area contributed by atoms with Crippen LogP contribution in [0.2, 0.25) is 0 Å². The number of benzene rings is 1. The second kappa shape index (κ2) is 6.75. The van der Waals surface area contributed by atoms with Crippen molar-refractivity contribution in [2.24, 2.45) is 0 Å². The van der Waals surface area contributed by atoms with Crippen LogP contribution in [0.3, 0.4) is 0 Å². The molecule has 1 unspecified atom stereocenters. The lowest BCUT2D eigenvalue weighted by atomic mass is 10.0. The van der Waals surface area contributed by atoms with Crippen molar-refractivity contribution in [1.29, 1.82) is 0 Å². The Kier molecular flexibility index (Phi) is 4.76. The first-order chi connectivity index (χ1) is 10.3. The van der Waals surface area contributed by atoms with Crippen LogP contribution in [-0.2, 0) is 0 Å². The SMILES string of the molecule is CCCOc1ccc(NC2C[C@H](C)Sc3sccc32)cc1. The topological polar surface area (TPSA) is 21.3 Å². The van der Waals surface area contributed by atoms with Crippen LogP contribution >= 0.6 is 23.1 Å². The van der Waals surface area contributed by atoms with Gasteiger partial charge in [-0.3, -0.25) is 0 Å².